The van der Waals surface area contributed by atoms with Crippen molar-refractivity contribution in [2.45, 2.75) is 45.7 Å². The van der Waals surface area contributed by atoms with Crippen LogP contribution in [0.4, 0.5) is 0 Å². The molecule has 0 spiro atoms. The third kappa shape index (κ3) is 3.42. The van der Waals surface area contributed by atoms with Gasteiger partial charge < -0.3 is 17.2 Å². The summed E-state index contributed by atoms with van der Waals surface area (Å²) in [6.07, 6.45) is 3.05. The van der Waals surface area contributed by atoms with Crippen molar-refractivity contribution in [2.75, 3.05) is 19.6 Å². The number of nitrogens with one attached hydrogen (secondary N) is 1. The number of nitrogens with two attached hydrogens (primary N) is 3. The highest BCUT2D eigenvalue weighted by Crippen LogP contribution is 2.47. The normalized spacial score (nSPS) is 38.6. The van der Waals surface area contributed by atoms with Crippen LogP contribution in [-0.4, -0.2) is 25.3 Å². The average molecular weight is 228 g/mol. The van der Waals surface area contributed by atoms with Crippen LogP contribution in [0.3, 0.4) is 0 Å². The molecule has 1 aliphatic carbocycles. The van der Waals surface area contributed by atoms with E-state index in [2.05, 4.69) is 26.1 Å². The van der Waals surface area contributed by atoms with Crippen LogP contribution in [0.2, 0.25) is 0 Å². The van der Waals surface area contributed by atoms with Gasteiger partial charge in [0.25, 0.3) is 0 Å². The zero-order valence-corrected chi connectivity index (χ0v) is 11.0. The van der Waals surface area contributed by atoms with Crippen LogP contribution >= 0.6 is 0 Å². The maximum absolute atomic E-state index is 6.45. The molecule has 1 fully saturated rings. The Morgan fingerprint density at radius 2 is 1.69 bits per heavy atom. The van der Waals surface area contributed by atoms with Crippen LogP contribution < -0.4 is 22.5 Å². The standard InChI is InChI=1S/C12H28N4/c1-10(2)6-11(3,9-14)8-12(15,7-10)16-5-4-13/h16H,4-9,13-15H2,1-3H3. The third-order valence-electron chi connectivity index (χ3n) is 3.56. The molecule has 1 rings (SSSR count). The maximum Gasteiger partial charge on any atom is 0.0673 e. The Balaban J connectivity index is 2.79. The first-order valence-corrected chi connectivity index (χ1v) is 6.18. The van der Waals surface area contributed by atoms with E-state index in [1.165, 1.54) is 0 Å². The molecule has 0 radical (unpaired) electrons. The summed E-state index contributed by atoms with van der Waals surface area (Å²) in [6, 6.07) is 0. The van der Waals surface area contributed by atoms with E-state index < -0.39 is 0 Å². The first-order chi connectivity index (χ1) is 7.24. The summed E-state index contributed by atoms with van der Waals surface area (Å²) >= 11 is 0. The van der Waals surface area contributed by atoms with Crippen LogP contribution in [0.1, 0.15) is 40.0 Å². The van der Waals surface area contributed by atoms with Gasteiger partial charge in [0.1, 0.15) is 0 Å². The van der Waals surface area contributed by atoms with Crippen LogP contribution in [0.15, 0.2) is 0 Å². The molecule has 0 aromatic heterocycles. The van der Waals surface area contributed by atoms with Crippen molar-refractivity contribution in [3.8, 4) is 0 Å². The minimum Gasteiger partial charge on any atom is -0.330 e. The second-order valence-corrected chi connectivity index (χ2v) is 6.58. The molecule has 0 aliphatic heterocycles. The zero-order valence-electron chi connectivity index (χ0n) is 11.0. The highest BCUT2D eigenvalue weighted by Gasteiger charge is 2.46. The van der Waals surface area contributed by atoms with Gasteiger partial charge in [0.15, 0.2) is 0 Å². The molecule has 0 amide bonds. The van der Waals surface area contributed by atoms with Crippen molar-refractivity contribution < 1.29 is 0 Å². The lowest BCUT2D eigenvalue weighted by molar-refractivity contribution is 0.0260. The lowest BCUT2D eigenvalue weighted by Crippen LogP contribution is -2.63. The van der Waals surface area contributed by atoms with Crippen molar-refractivity contribution in [3.05, 3.63) is 0 Å². The number of rotatable bonds is 4. The topological polar surface area (TPSA) is 90.1 Å². The molecular weight excluding hydrogens is 200 g/mol. The molecule has 0 bridgehead atoms. The molecule has 1 aliphatic rings. The minimum atomic E-state index is -0.310. The average Bonchev–Trinajstić information content (AvgIpc) is 2.11. The third-order valence-corrected chi connectivity index (χ3v) is 3.56. The lowest BCUT2D eigenvalue weighted by Gasteiger charge is -2.51. The van der Waals surface area contributed by atoms with Gasteiger partial charge in [0, 0.05) is 13.1 Å². The predicted molar refractivity (Wildman–Crippen MR) is 68.8 cm³/mol. The zero-order chi connectivity index (χ0) is 12.4. The second-order valence-electron chi connectivity index (χ2n) is 6.58. The molecule has 96 valence electrons. The van der Waals surface area contributed by atoms with Crippen LogP contribution in [0.5, 0.6) is 0 Å². The van der Waals surface area contributed by atoms with E-state index in [9.17, 15) is 0 Å². The van der Waals surface area contributed by atoms with E-state index in [0.717, 1.165) is 25.8 Å². The van der Waals surface area contributed by atoms with Crippen molar-refractivity contribution >= 4 is 0 Å². The fourth-order valence-electron chi connectivity index (χ4n) is 3.55. The Morgan fingerprint density at radius 3 is 2.19 bits per heavy atom. The molecule has 0 aromatic rings. The fourth-order valence-corrected chi connectivity index (χ4v) is 3.55. The smallest absolute Gasteiger partial charge is 0.0673 e. The van der Waals surface area contributed by atoms with Crippen molar-refractivity contribution in [3.63, 3.8) is 0 Å². The van der Waals surface area contributed by atoms with Gasteiger partial charge in [-0.15, -0.1) is 0 Å². The predicted octanol–water partition coefficient (Wildman–Crippen LogP) is 0.365. The van der Waals surface area contributed by atoms with E-state index >= 15 is 0 Å². The van der Waals surface area contributed by atoms with Gasteiger partial charge in [-0.1, -0.05) is 20.8 Å². The quantitative estimate of drug-likeness (QED) is 0.523. The van der Waals surface area contributed by atoms with Gasteiger partial charge in [-0.05, 0) is 36.6 Å². The number of hydrogen-bond donors (Lipinski definition) is 4. The maximum atomic E-state index is 6.45. The molecule has 16 heavy (non-hydrogen) atoms. The molecule has 0 saturated heterocycles. The Kier molecular flexibility index (Phi) is 4.00. The van der Waals surface area contributed by atoms with Crippen LogP contribution in [-0.2, 0) is 0 Å². The molecular formula is C12H28N4. The number of hydrogen-bond acceptors (Lipinski definition) is 4. The van der Waals surface area contributed by atoms with Gasteiger partial charge in [0.05, 0.1) is 5.66 Å². The molecule has 0 heterocycles. The Labute approximate surface area is 99.3 Å². The summed E-state index contributed by atoms with van der Waals surface area (Å²) in [7, 11) is 0. The second kappa shape index (κ2) is 4.61. The van der Waals surface area contributed by atoms with E-state index in [4.69, 9.17) is 17.2 Å². The summed E-state index contributed by atoms with van der Waals surface area (Å²) in [4.78, 5) is 0. The Morgan fingerprint density at radius 1 is 1.06 bits per heavy atom. The highest BCUT2D eigenvalue weighted by atomic mass is 15.1. The van der Waals surface area contributed by atoms with E-state index in [1.807, 2.05) is 0 Å². The summed E-state index contributed by atoms with van der Waals surface area (Å²) in [6.45, 7) is 8.86. The summed E-state index contributed by atoms with van der Waals surface area (Å²) in [5.41, 5.74) is 17.9. The van der Waals surface area contributed by atoms with Crippen LogP contribution in [0.25, 0.3) is 0 Å². The summed E-state index contributed by atoms with van der Waals surface area (Å²) < 4.78 is 0. The Hall–Kier alpha value is -0.160. The Bertz CT molecular complexity index is 241. The molecule has 0 aromatic carbocycles. The molecule has 7 N–H and O–H groups in total. The van der Waals surface area contributed by atoms with Gasteiger partial charge in [-0.25, -0.2) is 0 Å². The van der Waals surface area contributed by atoms with Crippen molar-refractivity contribution in [1.29, 1.82) is 0 Å². The first-order valence-electron chi connectivity index (χ1n) is 6.18. The van der Waals surface area contributed by atoms with E-state index in [-0.39, 0.29) is 16.5 Å². The van der Waals surface area contributed by atoms with Gasteiger partial charge >= 0.3 is 0 Å². The molecule has 4 nitrogen and oxygen atoms in total. The molecule has 1 saturated carbocycles. The van der Waals surface area contributed by atoms with Crippen molar-refractivity contribution in [1.82, 2.24) is 5.32 Å². The SMILES string of the molecule is CC1(C)CC(C)(CN)CC(N)(NCCN)C1. The van der Waals surface area contributed by atoms with E-state index in [0.29, 0.717) is 13.1 Å². The highest BCUT2D eigenvalue weighted by molar-refractivity contribution is 5.01. The monoisotopic (exact) mass is 228 g/mol. The molecule has 2 atom stereocenters. The molecule has 2 unspecified atom stereocenters. The van der Waals surface area contributed by atoms with Gasteiger partial charge in [0.2, 0.25) is 0 Å². The van der Waals surface area contributed by atoms with E-state index in [1.54, 1.807) is 0 Å². The fraction of sp³-hybridized carbons (Fsp3) is 1.00. The van der Waals surface area contributed by atoms with Gasteiger partial charge in [-0.2, -0.15) is 0 Å². The summed E-state index contributed by atoms with van der Waals surface area (Å²) in [5.74, 6) is 0. The summed E-state index contributed by atoms with van der Waals surface area (Å²) in [5, 5.41) is 3.39. The molecule has 4 heteroatoms. The van der Waals surface area contributed by atoms with Crippen molar-refractivity contribution in [2.24, 2.45) is 28.0 Å². The van der Waals surface area contributed by atoms with Crippen LogP contribution in [0, 0.1) is 10.8 Å². The largest absolute Gasteiger partial charge is 0.330 e. The minimum absolute atomic E-state index is 0.137. The van der Waals surface area contributed by atoms with Gasteiger partial charge in [-0.3, -0.25) is 5.32 Å². The first kappa shape index (κ1) is 13.9. The lowest BCUT2D eigenvalue weighted by atomic mass is 9.60.